The number of ether oxygens (including phenoxy) is 2. The minimum Gasteiger partial charge on any atom is -0.481 e. The van der Waals surface area contributed by atoms with Crippen molar-refractivity contribution >= 4 is 23.5 Å². The number of hydrogen-bond donors (Lipinski definition) is 3. The summed E-state index contributed by atoms with van der Waals surface area (Å²) in [7, 11) is 0. The highest BCUT2D eigenvalue weighted by molar-refractivity contribution is 5.97. The number of hydrogen-bond acceptors (Lipinski definition) is 5. The zero-order valence-electron chi connectivity index (χ0n) is 24.1. The topological polar surface area (TPSA) is 114 Å². The quantitative estimate of drug-likeness (QED) is 0.169. The first-order valence-corrected chi connectivity index (χ1v) is 13.7. The molecule has 0 saturated carbocycles. The fourth-order valence-electron chi connectivity index (χ4n) is 4.73. The SMILES string of the molecule is CCC[C@H](c1ccc(C(=O)NCCC(=O)O)cc1)C(C(=O)Nc1ccc(OC(F)(F)F)cc1C)c1ccc(OC(F)(F)F)cc1. The van der Waals surface area contributed by atoms with Crippen LogP contribution in [0.3, 0.4) is 0 Å². The number of aryl methyl sites for hydroxylation is 1. The summed E-state index contributed by atoms with van der Waals surface area (Å²) in [4.78, 5) is 37.0. The summed E-state index contributed by atoms with van der Waals surface area (Å²) in [5.74, 6) is -4.68. The summed E-state index contributed by atoms with van der Waals surface area (Å²) >= 11 is 0. The Morgan fingerprint density at radius 1 is 0.822 bits per heavy atom. The Morgan fingerprint density at radius 2 is 1.38 bits per heavy atom. The Kier molecular flexibility index (Phi) is 11.4. The average molecular weight is 641 g/mol. The number of benzene rings is 3. The van der Waals surface area contributed by atoms with Crippen molar-refractivity contribution in [3.8, 4) is 11.5 Å². The van der Waals surface area contributed by atoms with E-state index in [0.717, 1.165) is 24.3 Å². The fourth-order valence-corrected chi connectivity index (χ4v) is 4.73. The van der Waals surface area contributed by atoms with Crippen molar-refractivity contribution in [1.29, 1.82) is 0 Å². The van der Waals surface area contributed by atoms with Crippen molar-refractivity contribution in [3.05, 3.63) is 89.0 Å². The van der Waals surface area contributed by atoms with Gasteiger partial charge in [0.25, 0.3) is 5.91 Å². The predicted molar refractivity (Wildman–Crippen MR) is 151 cm³/mol. The van der Waals surface area contributed by atoms with Gasteiger partial charge < -0.3 is 25.2 Å². The first-order chi connectivity index (χ1) is 21.1. The van der Waals surface area contributed by atoms with E-state index in [9.17, 15) is 40.7 Å². The van der Waals surface area contributed by atoms with Crippen molar-refractivity contribution in [2.45, 2.75) is 57.7 Å². The van der Waals surface area contributed by atoms with E-state index < -0.39 is 53.8 Å². The van der Waals surface area contributed by atoms with Gasteiger partial charge in [-0.2, -0.15) is 0 Å². The second kappa shape index (κ2) is 14.8. The lowest BCUT2D eigenvalue weighted by Crippen LogP contribution is -2.28. The highest BCUT2D eigenvalue weighted by Crippen LogP contribution is 2.39. The van der Waals surface area contributed by atoms with E-state index in [2.05, 4.69) is 20.1 Å². The van der Waals surface area contributed by atoms with Gasteiger partial charge in [-0.1, -0.05) is 37.6 Å². The van der Waals surface area contributed by atoms with Crippen molar-refractivity contribution in [2.24, 2.45) is 0 Å². The van der Waals surface area contributed by atoms with Crippen LogP contribution >= 0.6 is 0 Å². The molecule has 1 unspecified atom stereocenters. The van der Waals surface area contributed by atoms with E-state index in [-0.39, 0.29) is 29.8 Å². The molecule has 0 aliphatic rings. The van der Waals surface area contributed by atoms with Crippen LogP contribution in [0, 0.1) is 6.92 Å². The van der Waals surface area contributed by atoms with Gasteiger partial charge in [-0.05, 0) is 78.4 Å². The standard InChI is InChI=1S/C31H30F6N2O6/c1-3-4-24(19-5-7-21(8-6-19)28(42)38-16-15-26(40)41)27(20-9-11-22(12-10-20)44-30(32,33)34)29(43)39-25-14-13-23(17-18(25)2)45-31(35,36)37/h5-14,17,24,27H,3-4,15-16H2,1-2H3,(H,38,42)(H,39,43)(H,40,41)/t24-,27?/m1/s1. The largest absolute Gasteiger partial charge is 0.573 e. The van der Waals surface area contributed by atoms with Crippen molar-refractivity contribution in [1.82, 2.24) is 5.32 Å². The number of halogens is 6. The number of carbonyl (C=O) groups is 3. The summed E-state index contributed by atoms with van der Waals surface area (Å²) < 4.78 is 84.2. The van der Waals surface area contributed by atoms with Crippen LogP contribution in [-0.4, -0.2) is 42.2 Å². The molecular formula is C31H30F6N2O6. The third kappa shape index (κ3) is 10.7. The maximum absolute atomic E-state index is 13.9. The number of carbonyl (C=O) groups excluding carboxylic acids is 2. The van der Waals surface area contributed by atoms with E-state index in [4.69, 9.17) is 5.11 Å². The smallest absolute Gasteiger partial charge is 0.481 e. The Bertz CT molecular complexity index is 1470. The lowest BCUT2D eigenvalue weighted by Gasteiger charge is -2.28. The highest BCUT2D eigenvalue weighted by Gasteiger charge is 2.34. The van der Waals surface area contributed by atoms with Gasteiger partial charge in [-0.25, -0.2) is 0 Å². The van der Waals surface area contributed by atoms with Crippen molar-refractivity contribution in [3.63, 3.8) is 0 Å². The maximum Gasteiger partial charge on any atom is 0.573 e. The van der Waals surface area contributed by atoms with Gasteiger partial charge in [-0.3, -0.25) is 14.4 Å². The third-order valence-corrected chi connectivity index (χ3v) is 6.67. The molecule has 8 nitrogen and oxygen atoms in total. The van der Waals surface area contributed by atoms with Gasteiger partial charge in [0.15, 0.2) is 0 Å². The van der Waals surface area contributed by atoms with Crippen LogP contribution in [0.4, 0.5) is 32.0 Å². The van der Waals surface area contributed by atoms with E-state index in [1.54, 1.807) is 12.1 Å². The molecule has 3 N–H and O–H groups in total. The summed E-state index contributed by atoms with van der Waals surface area (Å²) in [6, 6.07) is 14.5. The van der Waals surface area contributed by atoms with Crippen LogP contribution in [0.15, 0.2) is 66.7 Å². The molecule has 3 rings (SSSR count). The van der Waals surface area contributed by atoms with Crippen LogP contribution < -0.4 is 20.1 Å². The predicted octanol–water partition coefficient (Wildman–Crippen LogP) is 7.30. The molecule has 0 aliphatic carbocycles. The molecule has 0 fully saturated rings. The van der Waals surface area contributed by atoms with Crippen LogP contribution in [0.25, 0.3) is 0 Å². The molecule has 45 heavy (non-hydrogen) atoms. The summed E-state index contributed by atoms with van der Waals surface area (Å²) in [5, 5.41) is 14.0. The van der Waals surface area contributed by atoms with Crippen LogP contribution in [0.1, 0.15) is 65.1 Å². The zero-order chi connectivity index (χ0) is 33.4. The molecule has 0 aromatic heterocycles. The normalized spacial score (nSPS) is 13.0. The summed E-state index contributed by atoms with van der Waals surface area (Å²) in [6.45, 7) is 3.27. The molecule has 0 bridgehead atoms. The molecule has 2 amide bonds. The third-order valence-electron chi connectivity index (χ3n) is 6.67. The van der Waals surface area contributed by atoms with Gasteiger partial charge in [0.1, 0.15) is 11.5 Å². The number of aliphatic carboxylic acids is 1. The molecule has 0 heterocycles. The number of nitrogens with one attached hydrogen (secondary N) is 2. The van der Waals surface area contributed by atoms with Gasteiger partial charge in [0.05, 0.1) is 12.3 Å². The Morgan fingerprint density at radius 3 is 1.91 bits per heavy atom. The number of amides is 2. The number of carboxylic acid groups (broad SMARTS) is 1. The maximum atomic E-state index is 13.9. The minimum atomic E-state index is -4.93. The van der Waals surface area contributed by atoms with E-state index >= 15 is 0 Å². The van der Waals surface area contributed by atoms with Crippen molar-refractivity contribution < 1.29 is 55.3 Å². The van der Waals surface area contributed by atoms with Crippen LogP contribution in [0.2, 0.25) is 0 Å². The lowest BCUT2D eigenvalue weighted by atomic mass is 9.78. The van der Waals surface area contributed by atoms with Gasteiger partial charge in [0.2, 0.25) is 5.91 Å². The van der Waals surface area contributed by atoms with Crippen molar-refractivity contribution in [2.75, 3.05) is 11.9 Å². The molecule has 2 atom stereocenters. The Hall–Kier alpha value is -4.75. The minimum absolute atomic E-state index is 0.0760. The van der Waals surface area contributed by atoms with Gasteiger partial charge in [0, 0.05) is 17.8 Å². The van der Waals surface area contributed by atoms with E-state index in [1.807, 2.05) is 6.92 Å². The Labute approximate surface area is 254 Å². The number of rotatable bonds is 13. The lowest BCUT2D eigenvalue weighted by molar-refractivity contribution is -0.275. The van der Waals surface area contributed by atoms with E-state index in [1.165, 1.54) is 37.3 Å². The second-order valence-electron chi connectivity index (χ2n) is 10.0. The first kappa shape index (κ1) is 34.7. The second-order valence-corrected chi connectivity index (χ2v) is 10.0. The number of carboxylic acids is 1. The molecule has 0 radical (unpaired) electrons. The molecule has 242 valence electrons. The molecule has 3 aromatic carbocycles. The molecule has 14 heteroatoms. The molecular weight excluding hydrogens is 610 g/mol. The number of anilines is 1. The first-order valence-electron chi connectivity index (χ1n) is 13.7. The van der Waals surface area contributed by atoms with Gasteiger partial charge >= 0.3 is 18.7 Å². The molecule has 0 spiro atoms. The van der Waals surface area contributed by atoms with Crippen LogP contribution in [-0.2, 0) is 9.59 Å². The summed E-state index contributed by atoms with van der Waals surface area (Å²) in [6.07, 6.45) is -9.08. The Balaban J connectivity index is 1.97. The molecule has 0 aliphatic heterocycles. The van der Waals surface area contributed by atoms with Crippen LogP contribution in [0.5, 0.6) is 11.5 Å². The zero-order valence-corrected chi connectivity index (χ0v) is 24.1. The molecule has 0 saturated heterocycles. The monoisotopic (exact) mass is 640 g/mol. The van der Waals surface area contributed by atoms with Gasteiger partial charge in [-0.15, -0.1) is 26.3 Å². The average Bonchev–Trinajstić information content (AvgIpc) is 2.93. The van der Waals surface area contributed by atoms with E-state index in [0.29, 0.717) is 24.0 Å². The highest BCUT2D eigenvalue weighted by atomic mass is 19.4. The number of alkyl halides is 6. The fraction of sp³-hybridized carbons (Fsp3) is 0.323. The summed E-state index contributed by atoms with van der Waals surface area (Å²) in [5.41, 5.74) is 1.67. The molecule has 3 aromatic rings.